The fourth-order valence-corrected chi connectivity index (χ4v) is 6.20. The summed E-state index contributed by atoms with van der Waals surface area (Å²) >= 11 is 0. The molecular weight excluding hydrogens is 386 g/mol. The first-order valence-corrected chi connectivity index (χ1v) is 14.6. The maximum absolute atomic E-state index is 6.76. The van der Waals surface area contributed by atoms with Gasteiger partial charge in [0.1, 0.15) is 5.75 Å². The monoisotopic (exact) mass is 421 g/mol. The lowest BCUT2D eigenvalue weighted by Crippen LogP contribution is -2.55. The Hall–Kier alpha value is -2.20. The number of hydrogen-bond donors (Lipinski definition) is 0. The van der Waals surface area contributed by atoms with E-state index in [9.17, 15) is 0 Å². The Balaban J connectivity index is 1.87. The second-order valence-corrected chi connectivity index (χ2v) is 14.2. The lowest BCUT2D eigenvalue weighted by atomic mass is 9.71. The van der Waals surface area contributed by atoms with Crippen LogP contribution in [-0.2, 0) is 4.43 Å². The number of anilines is 1. The highest BCUT2D eigenvalue weighted by Crippen LogP contribution is 2.52. The molecule has 1 aliphatic carbocycles. The van der Waals surface area contributed by atoms with Crippen molar-refractivity contribution in [2.75, 3.05) is 12.0 Å². The third-order valence-corrected chi connectivity index (χ3v) is 7.37. The van der Waals surface area contributed by atoms with Crippen molar-refractivity contribution < 1.29 is 9.16 Å². The van der Waals surface area contributed by atoms with Gasteiger partial charge in [-0.25, -0.2) is 0 Å². The molecule has 0 aromatic heterocycles. The van der Waals surface area contributed by atoms with Crippen molar-refractivity contribution in [2.45, 2.75) is 70.2 Å². The normalized spacial score (nSPS) is 24.4. The van der Waals surface area contributed by atoms with E-state index in [0.717, 1.165) is 25.0 Å². The van der Waals surface area contributed by atoms with Gasteiger partial charge in [0, 0.05) is 12.1 Å². The standard InChI is InChI=1S/C26H35NO2Si/c1-26-18-10-9-13-23(26)25(29-30(3,4)5)19-24(20-11-7-6-8-12-20)27(26)21-14-16-22(28-2)17-15-21/h6-8,11-12,14-17,24H,9-10,13,18-19H2,1-5H3/t24-,26+/m0/s1. The molecule has 1 aliphatic heterocycles. The molecule has 0 saturated heterocycles. The minimum absolute atomic E-state index is 0.0272. The predicted octanol–water partition coefficient (Wildman–Crippen LogP) is 7.08. The van der Waals surface area contributed by atoms with Crippen LogP contribution in [0.1, 0.15) is 50.6 Å². The van der Waals surface area contributed by atoms with Gasteiger partial charge < -0.3 is 14.1 Å². The molecule has 1 fully saturated rings. The minimum atomic E-state index is -1.69. The highest BCUT2D eigenvalue weighted by atomic mass is 28.4. The highest BCUT2D eigenvalue weighted by Gasteiger charge is 2.47. The highest BCUT2D eigenvalue weighted by molar-refractivity contribution is 6.70. The number of hydrogen-bond acceptors (Lipinski definition) is 3. The number of benzene rings is 2. The van der Waals surface area contributed by atoms with Crippen LogP contribution in [0.4, 0.5) is 5.69 Å². The third-order valence-electron chi connectivity index (χ3n) is 6.51. The lowest BCUT2D eigenvalue weighted by Gasteiger charge is -2.55. The molecule has 0 bridgehead atoms. The Bertz CT molecular complexity index is 901. The van der Waals surface area contributed by atoms with Crippen LogP contribution in [0.2, 0.25) is 19.6 Å². The van der Waals surface area contributed by atoms with Gasteiger partial charge in [-0.3, -0.25) is 0 Å². The first kappa shape index (κ1) is 21.0. The van der Waals surface area contributed by atoms with Gasteiger partial charge in [-0.2, -0.15) is 0 Å². The molecule has 1 heterocycles. The van der Waals surface area contributed by atoms with Crippen LogP contribution in [0.15, 0.2) is 65.9 Å². The molecule has 2 aliphatic rings. The number of rotatable bonds is 5. The molecule has 2 atom stereocenters. The summed E-state index contributed by atoms with van der Waals surface area (Å²) < 4.78 is 12.2. The van der Waals surface area contributed by atoms with E-state index >= 15 is 0 Å². The van der Waals surface area contributed by atoms with Crippen LogP contribution in [-0.4, -0.2) is 21.0 Å². The van der Waals surface area contributed by atoms with E-state index < -0.39 is 8.32 Å². The SMILES string of the molecule is COc1ccc(N2[C@H](c3ccccc3)CC(O[Si](C)(C)C)=C3CCCC[C@]32C)cc1. The van der Waals surface area contributed by atoms with Crippen molar-refractivity contribution in [3.05, 3.63) is 71.5 Å². The fraction of sp³-hybridized carbons (Fsp3) is 0.462. The molecule has 0 spiro atoms. The molecule has 0 amide bonds. The smallest absolute Gasteiger partial charge is 0.241 e. The molecule has 2 aromatic carbocycles. The summed E-state index contributed by atoms with van der Waals surface area (Å²) in [5.74, 6) is 2.18. The third kappa shape index (κ3) is 4.02. The molecule has 0 unspecified atom stereocenters. The predicted molar refractivity (Wildman–Crippen MR) is 128 cm³/mol. The molecule has 30 heavy (non-hydrogen) atoms. The summed E-state index contributed by atoms with van der Waals surface area (Å²) in [6, 6.07) is 19.8. The van der Waals surface area contributed by atoms with Crippen LogP contribution in [0.25, 0.3) is 0 Å². The summed E-state index contributed by atoms with van der Waals surface area (Å²) in [6.07, 6.45) is 5.76. The van der Waals surface area contributed by atoms with Gasteiger partial charge in [0.15, 0.2) is 0 Å². The maximum Gasteiger partial charge on any atom is 0.241 e. The Labute approximate surface area is 182 Å². The van der Waals surface area contributed by atoms with Gasteiger partial charge in [-0.05, 0) is 81.2 Å². The van der Waals surface area contributed by atoms with E-state index in [2.05, 4.69) is 86.1 Å². The zero-order valence-corrected chi connectivity index (χ0v) is 20.1. The van der Waals surface area contributed by atoms with Gasteiger partial charge in [0.2, 0.25) is 8.32 Å². The number of fused-ring (bicyclic) bond motifs is 1. The summed E-state index contributed by atoms with van der Waals surface area (Å²) in [7, 11) is 0.0371. The second kappa shape index (κ2) is 8.14. The average Bonchev–Trinajstić information content (AvgIpc) is 2.73. The van der Waals surface area contributed by atoms with E-state index in [1.807, 2.05) is 0 Å². The van der Waals surface area contributed by atoms with Crippen molar-refractivity contribution in [1.29, 1.82) is 0 Å². The van der Waals surface area contributed by atoms with Crippen molar-refractivity contribution in [3.8, 4) is 5.75 Å². The van der Waals surface area contributed by atoms with Crippen molar-refractivity contribution in [1.82, 2.24) is 0 Å². The molecule has 4 rings (SSSR count). The number of nitrogens with zero attached hydrogens (tertiary/aromatic N) is 1. The summed E-state index contributed by atoms with van der Waals surface area (Å²) in [4.78, 5) is 2.67. The summed E-state index contributed by atoms with van der Waals surface area (Å²) in [5.41, 5.74) is 4.12. The summed E-state index contributed by atoms with van der Waals surface area (Å²) in [5, 5.41) is 0. The van der Waals surface area contributed by atoms with Crippen LogP contribution in [0.5, 0.6) is 5.75 Å². The summed E-state index contributed by atoms with van der Waals surface area (Å²) in [6.45, 7) is 9.34. The zero-order valence-electron chi connectivity index (χ0n) is 19.1. The molecule has 2 aromatic rings. The van der Waals surface area contributed by atoms with Crippen LogP contribution in [0, 0.1) is 0 Å². The molecule has 0 radical (unpaired) electrons. The second-order valence-electron chi connectivity index (χ2n) is 9.80. The number of methoxy groups -OCH3 is 1. The quantitative estimate of drug-likeness (QED) is 0.481. The van der Waals surface area contributed by atoms with Gasteiger partial charge >= 0.3 is 0 Å². The Morgan fingerprint density at radius 2 is 1.67 bits per heavy atom. The molecule has 3 nitrogen and oxygen atoms in total. The Morgan fingerprint density at radius 3 is 2.30 bits per heavy atom. The van der Waals surface area contributed by atoms with Gasteiger partial charge in [-0.15, -0.1) is 0 Å². The molecule has 1 saturated carbocycles. The Morgan fingerprint density at radius 1 is 0.967 bits per heavy atom. The topological polar surface area (TPSA) is 21.7 Å². The lowest BCUT2D eigenvalue weighted by molar-refractivity contribution is 0.268. The Kier molecular flexibility index (Phi) is 5.71. The van der Waals surface area contributed by atoms with Gasteiger partial charge in [-0.1, -0.05) is 36.8 Å². The van der Waals surface area contributed by atoms with E-state index in [1.165, 1.54) is 35.4 Å². The maximum atomic E-state index is 6.76. The number of ether oxygens (including phenoxy) is 1. The zero-order chi connectivity index (χ0) is 21.4. The van der Waals surface area contributed by atoms with Crippen molar-refractivity contribution in [3.63, 3.8) is 0 Å². The van der Waals surface area contributed by atoms with Crippen LogP contribution in [0.3, 0.4) is 0 Å². The van der Waals surface area contributed by atoms with E-state index in [-0.39, 0.29) is 11.6 Å². The average molecular weight is 422 g/mol. The van der Waals surface area contributed by atoms with E-state index in [4.69, 9.17) is 9.16 Å². The molecular formula is C26H35NO2Si. The van der Waals surface area contributed by atoms with Gasteiger partial charge in [0.05, 0.1) is 24.4 Å². The van der Waals surface area contributed by atoms with Crippen LogP contribution < -0.4 is 9.64 Å². The van der Waals surface area contributed by atoms with Crippen LogP contribution >= 0.6 is 0 Å². The molecule has 0 N–H and O–H groups in total. The first-order chi connectivity index (χ1) is 14.3. The fourth-order valence-electron chi connectivity index (χ4n) is 5.25. The molecule has 160 valence electrons. The first-order valence-electron chi connectivity index (χ1n) is 11.2. The van der Waals surface area contributed by atoms with Crippen molar-refractivity contribution in [2.24, 2.45) is 0 Å². The van der Waals surface area contributed by atoms with Gasteiger partial charge in [0.25, 0.3) is 0 Å². The van der Waals surface area contributed by atoms with E-state index in [0.29, 0.717) is 0 Å². The van der Waals surface area contributed by atoms with Crippen molar-refractivity contribution >= 4 is 14.0 Å². The van der Waals surface area contributed by atoms with E-state index in [1.54, 1.807) is 7.11 Å². The minimum Gasteiger partial charge on any atom is -0.547 e. The molecule has 4 heteroatoms. The largest absolute Gasteiger partial charge is 0.547 e.